The highest BCUT2D eigenvalue weighted by Gasteiger charge is 2.18. The zero-order valence-corrected chi connectivity index (χ0v) is 8.57. The summed E-state index contributed by atoms with van der Waals surface area (Å²) in [5.41, 5.74) is 0. The first-order valence-corrected chi connectivity index (χ1v) is 5.23. The fourth-order valence-electron chi connectivity index (χ4n) is 1.83. The Morgan fingerprint density at radius 2 is 1.93 bits per heavy atom. The van der Waals surface area contributed by atoms with E-state index < -0.39 is 0 Å². The lowest BCUT2D eigenvalue weighted by Crippen LogP contribution is -2.34. The van der Waals surface area contributed by atoms with Crippen LogP contribution >= 0.6 is 0 Å². The first kappa shape index (κ1) is 9.53. The molecule has 0 bridgehead atoms. The van der Waals surface area contributed by atoms with E-state index in [1.165, 1.54) is 25.9 Å². The molecule has 1 heterocycles. The summed E-state index contributed by atoms with van der Waals surface area (Å²) < 4.78 is 5.80. The minimum atomic E-state index is 0.194. The van der Waals surface area contributed by atoms with Gasteiger partial charge in [-0.3, -0.25) is 4.90 Å². The third-order valence-corrected chi connectivity index (χ3v) is 2.65. The Bertz CT molecular complexity index is 267. The number of nitrogens with zero attached hydrogens (tertiary/aromatic N) is 1. The molecule has 0 aliphatic carbocycles. The lowest BCUT2D eigenvalue weighted by molar-refractivity contribution is 0.0592. The van der Waals surface area contributed by atoms with Crippen molar-refractivity contribution in [1.29, 1.82) is 0 Å². The maximum Gasteiger partial charge on any atom is 0.149 e. The highest BCUT2D eigenvalue weighted by molar-refractivity contribution is 5.20. The average Bonchev–Trinajstić information content (AvgIpc) is 2.72. The third-order valence-electron chi connectivity index (χ3n) is 2.65. The summed E-state index contributed by atoms with van der Waals surface area (Å²) in [5, 5.41) is 0. The summed E-state index contributed by atoms with van der Waals surface area (Å²) in [7, 11) is 0. The van der Waals surface area contributed by atoms with E-state index >= 15 is 0 Å². The Morgan fingerprint density at radius 3 is 2.57 bits per heavy atom. The van der Waals surface area contributed by atoms with Gasteiger partial charge in [-0.25, -0.2) is 0 Å². The molecule has 14 heavy (non-hydrogen) atoms. The molecule has 1 unspecified atom stereocenters. The average molecular weight is 190 g/mol. The number of ether oxygens (including phenoxy) is 1. The smallest absolute Gasteiger partial charge is 0.149 e. The van der Waals surface area contributed by atoms with E-state index in [1.807, 2.05) is 24.3 Å². The first-order valence-electron chi connectivity index (χ1n) is 5.23. The largest absolute Gasteiger partial charge is 0.475 e. The molecule has 0 spiro atoms. The van der Waals surface area contributed by atoms with Crippen LogP contribution in [0.4, 0.5) is 0 Å². The second-order valence-corrected chi connectivity index (χ2v) is 3.70. The topological polar surface area (TPSA) is 12.5 Å². The Morgan fingerprint density at radius 1 is 1.29 bits per heavy atom. The lowest BCUT2D eigenvalue weighted by Gasteiger charge is -2.24. The van der Waals surface area contributed by atoms with Crippen molar-refractivity contribution in [1.82, 2.24) is 4.90 Å². The van der Waals surface area contributed by atoms with Crippen molar-refractivity contribution in [2.45, 2.75) is 26.0 Å². The van der Waals surface area contributed by atoms with Crippen LogP contribution in [0, 0.1) is 6.07 Å². The maximum absolute atomic E-state index is 5.80. The van der Waals surface area contributed by atoms with Gasteiger partial charge in [-0.2, -0.15) is 0 Å². The third kappa shape index (κ3) is 2.26. The zero-order valence-electron chi connectivity index (χ0n) is 8.57. The highest BCUT2D eigenvalue weighted by atomic mass is 16.5. The molecule has 1 fully saturated rings. The van der Waals surface area contributed by atoms with E-state index in [9.17, 15) is 0 Å². The fraction of sp³-hybridized carbons (Fsp3) is 0.500. The van der Waals surface area contributed by atoms with Gasteiger partial charge in [0.05, 0.1) is 0 Å². The van der Waals surface area contributed by atoms with Crippen molar-refractivity contribution in [3.63, 3.8) is 0 Å². The van der Waals surface area contributed by atoms with Gasteiger partial charge in [-0.05, 0) is 38.0 Å². The normalized spacial score (nSPS) is 19.5. The summed E-state index contributed by atoms with van der Waals surface area (Å²) in [6.45, 7) is 4.45. The van der Waals surface area contributed by atoms with Gasteiger partial charge in [0.1, 0.15) is 12.0 Å². The zero-order chi connectivity index (χ0) is 9.80. The van der Waals surface area contributed by atoms with Crippen molar-refractivity contribution in [2.24, 2.45) is 0 Å². The van der Waals surface area contributed by atoms with Crippen LogP contribution in [0.25, 0.3) is 0 Å². The van der Waals surface area contributed by atoms with Gasteiger partial charge >= 0.3 is 0 Å². The summed E-state index contributed by atoms with van der Waals surface area (Å²) in [4.78, 5) is 2.37. The molecule has 75 valence electrons. The Labute approximate surface area is 85.5 Å². The quantitative estimate of drug-likeness (QED) is 0.725. The minimum Gasteiger partial charge on any atom is -0.475 e. The molecular weight excluding hydrogens is 174 g/mol. The van der Waals surface area contributed by atoms with Crippen molar-refractivity contribution in [3.8, 4) is 5.75 Å². The molecule has 0 aromatic heterocycles. The van der Waals surface area contributed by atoms with E-state index in [0.29, 0.717) is 0 Å². The molecule has 1 aromatic rings. The van der Waals surface area contributed by atoms with Crippen LogP contribution in [0.1, 0.15) is 19.8 Å². The molecule has 0 N–H and O–H groups in total. The monoisotopic (exact) mass is 190 g/mol. The van der Waals surface area contributed by atoms with Gasteiger partial charge in [0.2, 0.25) is 0 Å². The second kappa shape index (κ2) is 4.47. The molecule has 2 rings (SSSR count). The summed E-state index contributed by atoms with van der Waals surface area (Å²) in [6.07, 6.45) is 2.80. The van der Waals surface area contributed by atoms with Crippen molar-refractivity contribution >= 4 is 0 Å². The van der Waals surface area contributed by atoms with E-state index in [4.69, 9.17) is 4.74 Å². The van der Waals surface area contributed by atoms with Gasteiger partial charge in [0.15, 0.2) is 0 Å². The number of rotatable bonds is 3. The maximum atomic E-state index is 5.80. The number of hydrogen-bond donors (Lipinski definition) is 0. The summed E-state index contributed by atoms with van der Waals surface area (Å²) in [5.74, 6) is 0.933. The van der Waals surface area contributed by atoms with Crippen LogP contribution in [-0.4, -0.2) is 24.2 Å². The molecule has 1 radical (unpaired) electrons. The van der Waals surface area contributed by atoms with E-state index in [0.717, 1.165) is 5.75 Å². The van der Waals surface area contributed by atoms with Gasteiger partial charge in [-0.1, -0.05) is 12.1 Å². The van der Waals surface area contributed by atoms with Gasteiger partial charge in [-0.15, -0.1) is 0 Å². The number of benzene rings is 1. The number of hydrogen-bond acceptors (Lipinski definition) is 2. The molecule has 0 saturated carbocycles. The van der Waals surface area contributed by atoms with Crippen LogP contribution in [-0.2, 0) is 0 Å². The first-order chi connectivity index (χ1) is 6.86. The van der Waals surface area contributed by atoms with Crippen LogP contribution in [0.3, 0.4) is 0 Å². The van der Waals surface area contributed by atoms with Gasteiger partial charge in [0.25, 0.3) is 0 Å². The molecular formula is C12H16NO. The molecule has 1 saturated heterocycles. The Kier molecular flexibility index (Phi) is 3.04. The summed E-state index contributed by atoms with van der Waals surface area (Å²) in [6, 6.07) is 10.6. The molecule has 1 atom stereocenters. The molecule has 2 heteroatoms. The number of likely N-dealkylation sites (tertiary alicyclic amines) is 1. The Hall–Kier alpha value is -1.02. The van der Waals surface area contributed by atoms with Crippen molar-refractivity contribution in [2.75, 3.05) is 13.1 Å². The SMILES string of the molecule is CC(Oc1cc[c]cc1)N1CCCC1. The fourth-order valence-corrected chi connectivity index (χ4v) is 1.83. The van der Waals surface area contributed by atoms with Gasteiger partial charge < -0.3 is 4.74 Å². The lowest BCUT2D eigenvalue weighted by atomic mass is 10.3. The Balaban J connectivity index is 1.90. The second-order valence-electron chi connectivity index (χ2n) is 3.70. The molecule has 0 amide bonds. The van der Waals surface area contributed by atoms with Crippen molar-refractivity contribution in [3.05, 3.63) is 30.3 Å². The van der Waals surface area contributed by atoms with Crippen LogP contribution in [0.2, 0.25) is 0 Å². The summed E-state index contributed by atoms with van der Waals surface area (Å²) >= 11 is 0. The van der Waals surface area contributed by atoms with E-state index in [2.05, 4.69) is 17.9 Å². The highest BCUT2D eigenvalue weighted by Crippen LogP contribution is 2.16. The molecule has 2 nitrogen and oxygen atoms in total. The van der Waals surface area contributed by atoms with E-state index in [1.54, 1.807) is 0 Å². The van der Waals surface area contributed by atoms with Crippen LogP contribution in [0.15, 0.2) is 24.3 Å². The molecule has 1 aromatic carbocycles. The molecule has 1 aliphatic rings. The predicted molar refractivity (Wildman–Crippen MR) is 56.2 cm³/mol. The van der Waals surface area contributed by atoms with E-state index in [-0.39, 0.29) is 6.23 Å². The van der Waals surface area contributed by atoms with Crippen LogP contribution in [0.5, 0.6) is 5.75 Å². The molecule has 1 aliphatic heterocycles. The minimum absolute atomic E-state index is 0.194. The predicted octanol–water partition coefficient (Wildman–Crippen LogP) is 2.31. The van der Waals surface area contributed by atoms with Gasteiger partial charge in [0, 0.05) is 13.1 Å². The standard InChI is InChI=1S/C12H16NO/c1-11(13-9-5-6-10-13)14-12-7-3-2-4-8-12/h3-4,7-8,11H,5-6,9-10H2,1H3. The van der Waals surface area contributed by atoms with Crippen LogP contribution < -0.4 is 4.74 Å². The van der Waals surface area contributed by atoms with Crippen molar-refractivity contribution < 1.29 is 4.74 Å².